The van der Waals surface area contributed by atoms with E-state index in [1.807, 2.05) is 58.6 Å². The molecular weight excluding hydrogens is 654 g/mol. The summed E-state index contributed by atoms with van der Waals surface area (Å²) in [6, 6.07) is 30.0. The standard InChI is InChI=1S/C38H31FN4O.Pd/c1-22-15-24(3)37(25(4)16-22)38-26(5)41-43(27(38)6)29-17-23(2)18-31(20-29)44-30-11-12-33-32-9-7-8-10-34(32)42(35(33)21-30)36-19-28(39)13-14-40-36;/h7-19H,1-6H3;/q-2;+2. The minimum absolute atomic E-state index is 0. The van der Waals surface area contributed by atoms with Crippen LogP contribution in [0.5, 0.6) is 11.5 Å². The average molecular weight is 685 g/mol. The summed E-state index contributed by atoms with van der Waals surface area (Å²) in [6.07, 6.45) is 1.47. The van der Waals surface area contributed by atoms with Gasteiger partial charge in [0.15, 0.2) is 0 Å². The van der Waals surface area contributed by atoms with Crippen LogP contribution in [0.15, 0.2) is 79.0 Å². The molecule has 0 saturated heterocycles. The van der Waals surface area contributed by atoms with E-state index in [1.165, 1.54) is 40.6 Å². The van der Waals surface area contributed by atoms with Crippen molar-refractivity contribution in [3.63, 3.8) is 0 Å². The molecule has 0 atom stereocenters. The number of ether oxygens (including phenoxy) is 1. The third kappa shape index (κ3) is 5.37. The van der Waals surface area contributed by atoms with Crippen molar-refractivity contribution < 1.29 is 29.6 Å². The summed E-state index contributed by atoms with van der Waals surface area (Å²) >= 11 is 0. The summed E-state index contributed by atoms with van der Waals surface area (Å²) in [5.41, 5.74) is 11.6. The Labute approximate surface area is 276 Å². The van der Waals surface area contributed by atoms with Crippen molar-refractivity contribution in [3.8, 4) is 34.1 Å². The Hall–Kier alpha value is -4.57. The van der Waals surface area contributed by atoms with Gasteiger partial charge in [0.05, 0.1) is 5.69 Å². The molecule has 0 spiro atoms. The molecule has 0 saturated carbocycles. The van der Waals surface area contributed by atoms with Gasteiger partial charge in [0, 0.05) is 40.5 Å². The van der Waals surface area contributed by atoms with Gasteiger partial charge in [-0.1, -0.05) is 48.3 Å². The molecule has 7 heteroatoms. The van der Waals surface area contributed by atoms with Crippen molar-refractivity contribution in [2.75, 3.05) is 0 Å². The predicted octanol–water partition coefficient (Wildman–Crippen LogP) is 9.41. The Morgan fingerprint density at radius 2 is 1.47 bits per heavy atom. The number of aryl methyl sites for hydroxylation is 5. The number of aromatic nitrogens is 4. The Morgan fingerprint density at radius 1 is 0.733 bits per heavy atom. The molecule has 0 aliphatic heterocycles. The SMILES string of the molecule is Cc1cc(Oc2[c-]c3c(cc2)c2ccccc2n3-c2cc(F)ccn2)[c-]c(-n2nc(C)c(-c3c(C)cc(C)cc3C)c2C)c1.[Pd+2]. The van der Waals surface area contributed by atoms with Crippen molar-refractivity contribution in [2.24, 2.45) is 0 Å². The van der Waals surface area contributed by atoms with Crippen LogP contribution in [0.2, 0.25) is 0 Å². The molecule has 4 aromatic carbocycles. The summed E-state index contributed by atoms with van der Waals surface area (Å²) in [7, 11) is 0. The van der Waals surface area contributed by atoms with Crippen LogP contribution in [0, 0.1) is 59.5 Å². The zero-order valence-corrected chi connectivity index (χ0v) is 27.5. The third-order valence-corrected chi connectivity index (χ3v) is 8.13. The molecule has 7 rings (SSSR count). The zero-order valence-electron chi connectivity index (χ0n) is 25.9. The molecule has 0 radical (unpaired) electrons. The second-order valence-corrected chi connectivity index (χ2v) is 11.5. The van der Waals surface area contributed by atoms with E-state index in [2.05, 4.69) is 69.9 Å². The first-order chi connectivity index (χ1) is 21.2. The van der Waals surface area contributed by atoms with Gasteiger partial charge in [-0.3, -0.25) is 4.68 Å². The van der Waals surface area contributed by atoms with E-state index in [9.17, 15) is 4.39 Å². The molecule has 7 aromatic rings. The molecule has 0 bridgehead atoms. The van der Waals surface area contributed by atoms with Crippen LogP contribution in [0.1, 0.15) is 33.6 Å². The van der Waals surface area contributed by atoms with E-state index in [0.29, 0.717) is 17.3 Å². The van der Waals surface area contributed by atoms with Gasteiger partial charge in [-0.2, -0.15) is 16.7 Å². The topological polar surface area (TPSA) is 44.9 Å². The van der Waals surface area contributed by atoms with Crippen LogP contribution in [-0.2, 0) is 20.4 Å². The molecular formula is C38H31FN4OPd. The number of hydrogen-bond donors (Lipinski definition) is 0. The van der Waals surface area contributed by atoms with E-state index in [1.54, 1.807) is 0 Å². The number of fused-ring (bicyclic) bond motifs is 3. The summed E-state index contributed by atoms with van der Waals surface area (Å²) < 4.78 is 24.5. The number of benzene rings is 4. The summed E-state index contributed by atoms with van der Waals surface area (Å²) in [5.74, 6) is 1.20. The molecule has 0 amide bonds. The van der Waals surface area contributed by atoms with Crippen LogP contribution < -0.4 is 4.74 Å². The number of nitrogens with zero attached hydrogens (tertiary/aromatic N) is 4. The molecule has 3 aromatic heterocycles. The average Bonchev–Trinajstić information content (AvgIpc) is 3.45. The van der Waals surface area contributed by atoms with Gasteiger partial charge in [0.25, 0.3) is 0 Å². The fourth-order valence-electron chi connectivity index (χ4n) is 6.45. The maximum Gasteiger partial charge on any atom is 2.00 e. The number of para-hydroxylation sites is 1. The maximum absolute atomic E-state index is 14.2. The summed E-state index contributed by atoms with van der Waals surface area (Å²) in [4.78, 5) is 4.45. The third-order valence-electron chi connectivity index (χ3n) is 8.13. The van der Waals surface area contributed by atoms with Crippen LogP contribution in [0.4, 0.5) is 4.39 Å². The van der Waals surface area contributed by atoms with E-state index in [4.69, 9.17) is 9.84 Å². The van der Waals surface area contributed by atoms with Crippen LogP contribution in [-0.4, -0.2) is 19.3 Å². The minimum Gasteiger partial charge on any atom is -0.509 e. The van der Waals surface area contributed by atoms with E-state index < -0.39 is 0 Å². The molecule has 0 fully saturated rings. The normalized spacial score (nSPS) is 11.3. The molecule has 0 unspecified atom stereocenters. The fourth-order valence-corrected chi connectivity index (χ4v) is 6.45. The second-order valence-electron chi connectivity index (χ2n) is 11.5. The summed E-state index contributed by atoms with van der Waals surface area (Å²) in [5, 5.41) is 6.95. The number of hydrogen-bond acceptors (Lipinski definition) is 3. The van der Waals surface area contributed by atoms with Crippen LogP contribution >= 0.6 is 0 Å². The Balaban J connectivity index is 0.00000357. The zero-order chi connectivity index (χ0) is 30.7. The van der Waals surface area contributed by atoms with Gasteiger partial charge in [-0.05, 0) is 74.5 Å². The smallest absolute Gasteiger partial charge is 0.509 e. The molecule has 226 valence electrons. The first-order valence-electron chi connectivity index (χ1n) is 14.6. The van der Waals surface area contributed by atoms with Crippen molar-refractivity contribution in [1.82, 2.24) is 19.3 Å². The minimum atomic E-state index is -0.352. The van der Waals surface area contributed by atoms with E-state index >= 15 is 0 Å². The molecule has 0 aliphatic rings. The summed E-state index contributed by atoms with van der Waals surface area (Å²) in [6.45, 7) is 12.6. The first-order valence-corrected chi connectivity index (χ1v) is 14.6. The van der Waals surface area contributed by atoms with Gasteiger partial charge in [-0.15, -0.1) is 35.7 Å². The predicted molar refractivity (Wildman–Crippen MR) is 174 cm³/mol. The Kier molecular flexibility index (Phi) is 7.95. The Morgan fingerprint density at radius 3 is 2.22 bits per heavy atom. The van der Waals surface area contributed by atoms with Gasteiger partial charge < -0.3 is 9.30 Å². The van der Waals surface area contributed by atoms with Gasteiger partial charge in [0.1, 0.15) is 11.6 Å². The van der Waals surface area contributed by atoms with Gasteiger partial charge in [-0.25, -0.2) is 9.37 Å². The van der Waals surface area contributed by atoms with E-state index in [-0.39, 0.29) is 26.2 Å². The second kappa shape index (κ2) is 11.7. The van der Waals surface area contributed by atoms with Crippen LogP contribution in [0.25, 0.3) is 44.4 Å². The number of pyridine rings is 1. The van der Waals surface area contributed by atoms with Crippen molar-refractivity contribution in [1.29, 1.82) is 0 Å². The quantitative estimate of drug-likeness (QED) is 0.134. The molecule has 3 heterocycles. The van der Waals surface area contributed by atoms with Gasteiger partial charge in [0.2, 0.25) is 0 Å². The molecule has 5 nitrogen and oxygen atoms in total. The van der Waals surface area contributed by atoms with Gasteiger partial charge >= 0.3 is 20.4 Å². The molecule has 0 aliphatic carbocycles. The number of rotatable bonds is 5. The largest absolute Gasteiger partial charge is 2.00 e. The first kappa shape index (κ1) is 30.5. The van der Waals surface area contributed by atoms with Crippen molar-refractivity contribution >= 4 is 21.8 Å². The maximum atomic E-state index is 14.2. The number of halogens is 1. The molecule has 0 N–H and O–H groups in total. The van der Waals surface area contributed by atoms with Crippen molar-refractivity contribution in [2.45, 2.75) is 41.5 Å². The van der Waals surface area contributed by atoms with E-state index in [0.717, 1.165) is 50.0 Å². The van der Waals surface area contributed by atoms with Crippen LogP contribution in [0.3, 0.4) is 0 Å². The molecule has 45 heavy (non-hydrogen) atoms. The fraction of sp³-hybridized carbons (Fsp3) is 0.158. The Bertz CT molecular complexity index is 2220. The van der Waals surface area contributed by atoms with Crippen molar-refractivity contribution in [3.05, 3.63) is 131 Å². The monoisotopic (exact) mass is 684 g/mol.